The van der Waals surface area contributed by atoms with E-state index in [1.807, 2.05) is 6.07 Å². The van der Waals surface area contributed by atoms with Crippen LogP contribution in [0.15, 0.2) is 24.3 Å². The SMILES string of the molecule is CCCC(COc1cccc(C(C)(C)C)c1)NCC. The summed E-state index contributed by atoms with van der Waals surface area (Å²) in [5.74, 6) is 0.978. The quantitative estimate of drug-likeness (QED) is 0.798. The van der Waals surface area contributed by atoms with Gasteiger partial charge in [0, 0.05) is 6.04 Å². The van der Waals surface area contributed by atoms with Crippen LogP contribution in [0.5, 0.6) is 5.75 Å². The van der Waals surface area contributed by atoms with Crippen LogP contribution in [-0.2, 0) is 5.41 Å². The number of benzene rings is 1. The molecule has 2 heteroatoms. The lowest BCUT2D eigenvalue weighted by molar-refractivity contribution is 0.257. The third-order valence-corrected chi connectivity index (χ3v) is 3.28. The van der Waals surface area contributed by atoms with Gasteiger partial charge < -0.3 is 10.1 Å². The first-order valence-electron chi connectivity index (χ1n) is 7.44. The summed E-state index contributed by atoms with van der Waals surface area (Å²) in [7, 11) is 0. The van der Waals surface area contributed by atoms with Gasteiger partial charge in [-0.2, -0.15) is 0 Å². The van der Waals surface area contributed by atoms with Crippen molar-refractivity contribution in [2.45, 2.75) is 58.9 Å². The Morgan fingerprint density at radius 3 is 2.53 bits per heavy atom. The average Bonchev–Trinajstić information content (AvgIpc) is 2.36. The number of ether oxygens (including phenoxy) is 1. The van der Waals surface area contributed by atoms with Crippen molar-refractivity contribution in [2.24, 2.45) is 0 Å². The summed E-state index contributed by atoms with van der Waals surface area (Å²) in [5, 5.41) is 3.47. The van der Waals surface area contributed by atoms with Crippen molar-refractivity contribution in [3.05, 3.63) is 29.8 Å². The van der Waals surface area contributed by atoms with Crippen LogP contribution in [-0.4, -0.2) is 19.2 Å². The zero-order chi connectivity index (χ0) is 14.3. The van der Waals surface area contributed by atoms with Crippen LogP contribution < -0.4 is 10.1 Å². The van der Waals surface area contributed by atoms with Crippen molar-refractivity contribution in [2.75, 3.05) is 13.2 Å². The summed E-state index contributed by atoms with van der Waals surface area (Å²) >= 11 is 0. The Morgan fingerprint density at radius 2 is 1.95 bits per heavy atom. The van der Waals surface area contributed by atoms with Gasteiger partial charge >= 0.3 is 0 Å². The van der Waals surface area contributed by atoms with Crippen LogP contribution in [0, 0.1) is 0 Å². The fraction of sp³-hybridized carbons (Fsp3) is 0.647. The Labute approximate surface area is 118 Å². The molecule has 1 aromatic rings. The standard InChI is InChI=1S/C17H29NO/c1-6-9-15(18-7-2)13-19-16-11-8-10-14(12-16)17(3,4)5/h8,10-12,15,18H,6-7,9,13H2,1-5H3. The van der Waals surface area contributed by atoms with Crippen LogP contribution in [0.1, 0.15) is 53.0 Å². The minimum absolute atomic E-state index is 0.170. The normalized spacial score (nSPS) is 13.3. The monoisotopic (exact) mass is 263 g/mol. The molecule has 0 saturated heterocycles. The van der Waals surface area contributed by atoms with E-state index < -0.39 is 0 Å². The molecule has 0 spiro atoms. The first-order chi connectivity index (χ1) is 8.97. The number of hydrogen-bond donors (Lipinski definition) is 1. The lowest BCUT2D eigenvalue weighted by atomic mass is 9.87. The highest BCUT2D eigenvalue weighted by molar-refractivity contribution is 5.32. The van der Waals surface area contributed by atoms with Gasteiger partial charge in [0.15, 0.2) is 0 Å². The first kappa shape index (κ1) is 16.0. The average molecular weight is 263 g/mol. The molecule has 0 aliphatic heterocycles. The molecule has 0 radical (unpaired) electrons. The Kier molecular flexibility index (Phi) is 6.36. The van der Waals surface area contributed by atoms with Gasteiger partial charge in [-0.25, -0.2) is 0 Å². The van der Waals surface area contributed by atoms with Crippen molar-refractivity contribution in [1.29, 1.82) is 0 Å². The molecule has 1 unspecified atom stereocenters. The molecule has 0 saturated carbocycles. The van der Waals surface area contributed by atoms with E-state index in [9.17, 15) is 0 Å². The number of nitrogens with one attached hydrogen (secondary N) is 1. The zero-order valence-electron chi connectivity index (χ0n) is 13.1. The van der Waals surface area contributed by atoms with Crippen molar-refractivity contribution in [3.8, 4) is 5.75 Å². The van der Waals surface area contributed by atoms with Crippen LogP contribution >= 0.6 is 0 Å². The van der Waals surface area contributed by atoms with Gasteiger partial charge in [-0.15, -0.1) is 0 Å². The van der Waals surface area contributed by atoms with Gasteiger partial charge in [0.05, 0.1) is 0 Å². The molecule has 0 fully saturated rings. The molecule has 19 heavy (non-hydrogen) atoms. The number of rotatable bonds is 7. The summed E-state index contributed by atoms with van der Waals surface area (Å²) in [4.78, 5) is 0. The first-order valence-corrected chi connectivity index (χ1v) is 7.44. The van der Waals surface area contributed by atoms with Gasteiger partial charge in [0.1, 0.15) is 12.4 Å². The molecule has 1 atom stereocenters. The van der Waals surface area contributed by atoms with Crippen molar-refractivity contribution >= 4 is 0 Å². The van der Waals surface area contributed by atoms with E-state index in [0.717, 1.165) is 25.3 Å². The highest BCUT2D eigenvalue weighted by atomic mass is 16.5. The molecule has 1 N–H and O–H groups in total. The van der Waals surface area contributed by atoms with Crippen LogP contribution in [0.4, 0.5) is 0 Å². The fourth-order valence-electron chi connectivity index (χ4n) is 2.13. The van der Waals surface area contributed by atoms with E-state index in [1.165, 1.54) is 12.0 Å². The van der Waals surface area contributed by atoms with Crippen molar-refractivity contribution < 1.29 is 4.74 Å². The lowest BCUT2D eigenvalue weighted by Crippen LogP contribution is -2.34. The number of hydrogen-bond acceptors (Lipinski definition) is 2. The lowest BCUT2D eigenvalue weighted by Gasteiger charge is -2.21. The molecule has 0 bridgehead atoms. The Balaban J connectivity index is 2.61. The van der Waals surface area contributed by atoms with Crippen LogP contribution in [0.3, 0.4) is 0 Å². The van der Waals surface area contributed by atoms with E-state index in [4.69, 9.17) is 4.74 Å². The minimum atomic E-state index is 0.170. The topological polar surface area (TPSA) is 21.3 Å². The largest absolute Gasteiger partial charge is 0.492 e. The predicted octanol–water partition coefficient (Wildman–Crippen LogP) is 4.14. The Morgan fingerprint density at radius 1 is 1.21 bits per heavy atom. The van der Waals surface area contributed by atoms with Crippen LogP contribution in [0.25, 0.3) is 0 Å². The maximum Gasteiger partial charge on any atom is 0.119 e. The maximum atomic E-state index is 5.95. The molecule has 0 heterocycles. The summed E-state index contributed by atoms with van der Waals surface area (Å²) < 4.78 is 5.95. The third-order valence-electron chi connectivity index (χ3n) is 3.28. The molecule has 1 aromatic carbocycles. The second kappa shape index (κ2) is 7.54. The minimum Gasteiger partial charge on any atom is -0.492 e. The smallest absolute Gasteiger partial charge is 0.119 e. The molecular weight excluding hydrogens is 234 g/mol. The molecule has 0 aromatic heterocycles. The van der Waals surface area contributed by atoms with Gasteiger partial charge in [-0.05, 0) is 36.1 Å². The summed E-state index contributed by atoms with van der Waals surface area (Å²) in [6.45, 7) is 12.8. The van der Waals surface area contributed by atoms with Gasteiger partial charge in [0.25, 0.3) is 0 Å². The van der Waals surface area contributed by atoms with E-state index in [1.54, 1.807) is 0 Å². The maximum absolute atomic E-state index is 5.95. The highest BCUT2D eigenvalue weighted by Gasteiger charge is 2.14. The van der Waals surface area contributed by atoms with Crippen LogP contribution in [0.2, 0.25) is 0 Å². The van der Waals surface area contributed by atoms with Crippen molar-refractivity contribution in [1.82, 2.24) is 5.32 Å². The van der Waals surface area contributed by atoms with Crippen molar-refractivity contribution in [3.63, 3.8) is 0 Å². The Hall–Kier alpha value is -1.02. The summed E-state index contributed by atoms with van der Waals surface area (Å²) in [6, 6.07) is 8.91. The van der Waals surface area contributed by atoms with E-state index in [-0.39, 0.29) is 5.41 Å². The van der Waals surface area contributed by atoms with E-state index in [0.29, 0.717) is 6.04 Å². The van der Waals surface area contributed by atoms with E-state index in [2.05, 4.69) is 58.1 Å². The zero-order valence-corrected chi connectivity index (χ0v) is 13.1. The molecule has 0 aliphatic rings. The third kappa shape index (κ3) is 5.65. The second-order valence-corrected chi connectivity index (χ2v) is 6.13. The summed E-state index contributed by atoms with van der Waals surface area (Å²) in [5.41, 5.74) is 1.49. The summed E-state index contributed by atoms with van der Waals surface area (Å²) in [6.07, 6.45) is 2.34. The molecule has 2 nitrogen and oxygen atoms in total. The van der Waals surface area contributed by atoms with Gasteiger partial charge in [-0.1, -0.05) is 53.2 Å². The Bertz CT molecular complexity index is 362. The molecule has 0 amide bonds. The van der Waals surface area contributed by atoms with Gasteiger partial charge in [0.2, 0.25) is 0 Å². The predicted molar refractivity (Wildman–Crippen MR) is 83.0 cm³/mol. The van der Waals surface area contributed by atoms with E-state index >= 15 is 0 Å². The highest BCUT2D eigenvalue weighted by Crippen LogP contribution is 2.25. The molecule has 1 rings (SSSR count). The second-order valence-electron chi connectivity index (χ2n) is 6.13. The number of likely N-dealkylation sites (N-methyl/N-ethyl adjacent to an activating group) is 1. The molecular formula is C17H29NO. The fourth-order valence-corrected chi connectivity index (χ4v) is 2.13. The molecule has 0 aliphatic carbocycles. The molecule has 108 valence electrons. The van der Waals surface area contributed by atoms with Gasteiger partial charge in [-0.3, -0.25) is 0 Å².